The van der Waals surface area contributed by atoms with Crippen molar-refractivity contribution in [2.75, 3.05) is 13.1 Å². The molecule has 4 nitrogen and oxygen atoms in total. The SMILES string of the molecule is CC(C)c1nc(CN2Cc3ccccc3C[C@@H]2C(=O)N2CCCC2)cs1. The van der Waals surface area contributed by atoms with E-state index in [1.165, 1.54) is 16.1 Å². The number of likely N-dealkylation sites (tertiary alicyclic amines) is 1. The minimum absolute atomic E-state index is 0.0628. The summed E-state index contributed by atoms with van der Waals surface area (Å²) in [6, 6.07) is 8.49. The lowest BCUT2D eigenvalue weighted by Crippen LogP contribution is -2.50. The largest absolute Gasteiger partial charge is 0.341 e. The molecule has 0 saturated carbocycles. The van der Waals surface area contributed by atoms with Crippen LogP contribution in [-0.2, 0) is 24.3 Å². The Kier molecular flexibility index (Phi) is 5.09. The van der Waals surface area contributed by atoms with E-state index in [1.807, 2.05) is 0 Å². The first-order valence-corrected chi connectivity index (χ1v) is 10.5. The van der Waals surface area contributed by atoms with Crippen LogP contribution in [0.2, 0.25) is 0 Å². The number of fused-ring (bicyclic) bond motifs is 1. The summed E-state index contributed by atoms with van der Waals surface area (Å²) in [5.41, 5.74) is 3.76. The Balaban J connectivity index is 1.58. The molecule has 3 heterocycles. The second-order valence-electron chi connectivity index (χ2n) is 7.76. The number of carbonyl (C=O) groups is 1. The number of hydrogen-bond acceptors (Lipinski definition) is 4. The van der Waals surface area contributed by atoms with E-state index in [4.69, 9.17) is 4.98 Å². The van der Waals surface area contributed by atoms with Crippen LogP contribution in [0.3, 0.4) is 0 Å². The van der Waals surface area contributed by atoms with Crippen molar-refractivity contribution in [3.8, 4) is 0 Å². The van der Waals surface area contributed by atoms with Crippen LogP contribution < -0.4 is 0 Å². The number of benzene rings is 1. The Morgan fingerprint density at radius 1 is 1.23 bits per heavy atom. The summed E-state index contributed by atoms with van der Waals surface area (Å²) >= 11 is 1.73. The van der Waals surface area contributed by atoms with Crippen LogP contribution in [0.15, 0.2) is 29.6 Å². The van der Waals surface area contributed by atoms with Crippen molar-refractivity contribution in [3.63, 3.8) is 0 Å². The predicted molar refractivity (Wildman–Crippen MR) is 105 cm³/mol. The first-order chi connectivity index (χ1) is 12.6. The van der Waals surface area contributed by atoms with Crippen LogP contribution >= 0.6 is 11.3 Å². The molecule has 1 aromatic carbocycles. The molecule has 0 spiro atoms. The molecule has 0 bridgehead atoms. The van der Waals surface area contributed by atoms with E-state index in [2.05, 4.69) is 53.3 Å². The van der Waals surface area contributed by atoms with Crippen LogP contribution in [0, 0.1) is 0 Å². The minimum atomic E-state index is -0.0628. The Labute approximate surface area is 159 Å². The van der Waals surface area contributed by atoms with Crippen LogP contribution in [0.4, 0.5) is 0 Å². The summed E-state index contributed by atoms with van der Waals surface area (Å²) in [6.07, 6.45) is 3.09. The third-order valence-electron chi connectivity index (χ3n) is 5.48. The summed E-state index contributed by atoms with van der Waals surface area (Å²) in [4.78, 5) is 22.4. The van der Waals surface area contributed by atoms with Crippen LogP contribution in [0.25, 0.3) is 0 Å². The number of amides is 1. The maximum atomic E-state index is 13.2. The highest BCUT2D eigenvalue weighted by atomic mass is 32.1. The van der Waals surface area contributed by atoms with E-state index >= 15 is 0 Å². The van der Waals surface area contributed by atoms with Gasteiger partial charge in [0.2, 0.25) is 5.91 Å². The zero-order valence-electron chi connectivity index (χ0n) is 15.6. The van der Waals surface area contributed by atoms with E-state index in [0.717, 1.165) is 51.1 Å². The molecule has 26 heavy (non-hydrogen) atoms. The molecule has 2 aliphatic rings. The molecular weight excluding hydrogens is 342 g/mol. The number of rotatable bonds is 4. The van der Waals surface area contributed by atoms with Crippen molar-refractivity contribution in [1.29, 1.82) is 0 Å². The van der Waals surface area contributed by atoms with Crippen molar-refractivity contribution in [3.05, 3.63) is 51.5 Å². The third kappa shape index (κ3) is 3.55. The van der Waals surface area contributed by atoms with Gasteiger partial charge in [-0.25, -0.2) is 4.98 Å². The Hall–Kier alpha value is -1.72. The van der Waals surface area contributed by atoms with Crippen LogP contribution in [0.5, 0.6) is 0 Å². The van der Waals surface area contributed by atoms with Gasteiger partial charge < -0.3 is 4.90 Å². The van der Waals surface area contributed by atoms with Gasteiger partial charge in [-0.2, -0.15) is 0 Å². The first-order valence-electron chi connectivity index (χ1n) is 9.65. The van der Waals surface area contributed by atoms with Crippen LogP contribution in [0.1, 0.15) is 54.4 Å². The Bertz CT molecular complexity index is 779. The van der Waals surface area contributed by atoms with Gasteiger partial charge in [-0.15, -0.1) is 11.3 Å². The van der Waals surface area contributed by atoms with Gasteiger partial charge in [0.1, 0.15) is 0 Å². The molecule has 5 heteroatoms. The number of carbonyl (C=O) groups excluding carboxylic acids is 1. The lowest BCUT2D eigenvalue weighted by Gasteiger charge is -2.37. The fourth-order valence-corrected chi connectivity index (χ4v) is 4.83. The highest BCUT2D eigenvalue weighted by molar-refractivity contribution is 7.09. The second kappa shape index (κ2) is 7.49. The molecule has 0 unspecified atom stereocenters. The molecule has 4 rings (SSSR count). The highest BCUT2D eigenvalue weighted by Gasteiger charge is 2.35. The summed E-state index contributed by atoms with van der Waals surface area (Å²) in [5, 5.41) is 3.34. The van der Waals surface area contributed by atoms with Gasteiger partial charge >= 0.3 is 0 Å². The summed E-state index contributed by atoms with van der Waals surface area (Å²) < 4.78 is 0. The minimum Gasteiger partial charge on any atom is -0.341 e. The molecule has 1 saturated heterocycles. The molecule has 1 aromatic heterocycles. The second-order valence-corrected chi connectivity index (χ2v) is 8.65. The fraction of sp³-hybridized carbons (Fsp3) is 0.524. The monoisotopic (exact) mass is 369 g/mol. The van der Waals surface area contributed by atoms with E-state index < -0.39 is 0 Å². The third-order valence-corrected chi connectivity index (χ3v) is 6.67. The average molecular weight is 370 g/mol. The smallest absolute Gasteiger partial charge is 0.240 e. The molecule has 0 radical (unpaired) electrons. The topological polar surface area (TPSA) is 36.4 Å². The summed E-state index contributed by atoms with van der Waals surface area (Å²) in [5.74, 6) is 0.758. The lowest BCUT2D eigenvalue weighted by atomic mass is 9.93. The summed E-state index contributed by atoms with van der Waals surface area (Å²) in [6.45, 7) is 7.77. The van der Waals surface area contributed by atoms with Gasteiger partial charge in [-0.05, 0) is 30.4 Å². The number of hydrogen-bond donors (Lipinski definition) is 0. The van der Waals surface area contributed by atoms with Gasteiger partial charge in [-0.1, -0.05) is 38.1 Å². The molecule has 2 aliphatic heterocycles. The van der Waals surface area contributed by atoms with Gasteiger partial charge in [0.25, 0.3) is 0 Å². The van der Waals surface area contributed by atoms with Crippen molar-refractivity contribution in [2.24, 2.45) is 0 Å². The maximum Gasteiger partial charge on any atom is 0.240 e. The normalized spacial score (nSPS) is 20.6. The van der Waals surface area contributed by atoms with E-state index in [0.29, 0.717) is 11.8 Å². The molecule has 1 fully saturated rings. The van der Waals surface area contributed by atoms with Crippen molar-refractivity contribution in [1.82, 2.24) is 14.8 Å². The van der Waals surface area contributed by atoms with Gasteiger partial charge in [0.15, 0.2) is 0 Å². The molecule has 138 valence electrons. The van der Waals surface area contributed by atoms with Crippen molar-refractivity contribution >= 4 is 17.2 Å². The van der Waals surface area contributed by atoms with Crippen molar-refractivity contribution < 1.29 is 4.79 Å². The average Bonchev–Trinajstić information content (AvgIpc) is 3.32. The maximum absolute atomic E-state index is 13.2. The zero-order chi connectivity index (χ0) is 18.1. The Morgan fingerprint density at radius 3 is 2.65 bits per heavy atom. The molecular formula is C21H27N3OS. The molecule has 0 aliphatic carbocycles. The predicted octanol–water partition coefficient (Wildman–Crippen LogP) is 3.82. The molecule has 1 amide bonds. The quantitative estimate of drug-likeness (QED) is 0.822. The molecule has 1 atom stereocenters. The molecule has 0 N–H and O–H groups in total. The zero-order valence-corrected chi connectivity index (χ0v) is 16.5. The van der Waals surface area contributed by atoms with E-state index in [1.54, 1.807) is 11.3 Å². The van der Waals surface area contributed by atoms with Crippen LogP contribution in [-0.4, -0.2) is 39.8 Å². The van der Waals surface area contributed by atoms with Gasteiger partial charge in [0.05, 0.1) is 16.7 Å². The Morgan fingerprint density at radius 2 is 1.96 bits per heavy atom. The number of thiazole rings is 1. The van der Waals surface area contributed by atoms with Crippen molar-refractivity contribution in [2.45, 2.75) is 58.2 Å². The van der Waals surface area contributed by atoms with Gasteiger partial charge in [0, 0.05) is 37.5 Å². The number of nitrogens with zero attached hydrogens (tertiary/aromatic N) is 3. The van der Waals surface area contributed by atoms with E-state index in [9.17, 15) is 4.79 Å². The van der Waals surface area contributed by atoms with Gasteiger partial charge in [-0.3, -0.25) is 9.69 Å². The van der Waals surface area contributed by atoms with E-state index in [-0.39, 0.29) is 6.04 Å². The molecule has 2 aromatic rings. The number of aromatic nitrogens is 1. The highest BCUT2D eigenvalue weighted by Crippen LogP contribution is 2.28. The first kappa shape index (κ1) is 17.7. The standard InChI is InChI=1S/C21H27N3OS/c1-15(2)20-22-18(14-26-20)13-24-12-17-8-4-3-7-16(17)11-19(24)21(25)23-9-5-6-10-23/h3-4,7-8,14-15,19H,5-6,9-13H2,1-2H3/t19-/m1/s1. The summed E-state index contributed by atoms with van der Waals surface area (Å²) in [7, 11) is 0. The fourth-order valence-electron chi connectivity index (χ4n) is 4.00. The lowest BCUT2D eigenvalue weighted by molar-refractivity contribution is -0.136.